The molecule has 0 bridgehead atoms. The van der Waals surface area contributed by atoms with Gasteiger partial charge >= 0.3 is 0 Å². The Hall–Kier alpha value is -2.14. The van der Waals surface area contributed by atoms with E-state index in [1.807, 2.05) is 37.3 Å². The lowest BCUT2D eigenvalue weighted by atomic mass is 10.1. The van der Waals surface area contributed by atoms with Crippen LogP contribution < -0.4 is 10.2 Å². The molecule has 1 N–H and O–H groups in total. The Morgan fingerprint density at radius 3 is 2.86 bits per heavy atom. The van der Waals surface area contributed by atoms with Gasteiger partial charge in [0.25, 0.3) is 5.91 Å². The highest BCUT2D eigenvalue weighted by atomic mass is 32.1. The first-order chi connectivity index (χ1) is 10.1. The Balaban J connectivity index is 1.99. The summed E-state index contributed by atoms with van der Waals surface area (Å²) in [7, 11) is 0. The maximum absolute atomic E-state index is 12.7. The molecular formula is C16H16N2O2S. The number of carbonyl (C=O) groups excluding carboxylic acids is 2. The molecule has 0 aliphatic carbocycles. The van der Waals surface area contributed by atoms with Crippen LogP contribution in [-0.2, 0) is 11.2 Å². The van der Waals surface area contributed by atoms with E-state index >= 15 is 0 Å². The number of nitrogens with zero attached hydrogens (tertiary/aromatic N) is 1. The Morgan fingerprint density at radius 2 is 2.14 bits per heavy atom. The molecule has 0 saturated carbocycles. The van der Waals surface area contributed by atoms with E-state index < -0.39 is 0 Å². The predicted octanol–water partition coefficient (Wildman–Crippen LogP) is 3.22. The van der Waals surface area contributed by atoms with Crippen LogP contribution in [0.2, 0.25) is 0 Å². The second-order valence-corrected chi connectivity index (χ2v) is 6.26. The lowest BCUT2D eigenvalue weighted by Gasteiger charge is -2.28. The minimum Gasteiger partial charge on any atom is -0.323 e. The molecule has 0 fully saturated rings. The van der Waals surface area contributed by atoms with Crippen molar-refractivity contribution in [1.29, 1.82) is 0 Å². The summed E-state index contributed by atoms with van der Waals surface area (Å²) in [5.41, 5.74) is 2.63. The minimum atomic E-state index is -0.161. The number of thiophene rings is 1. The number of nitrogens with one attached hydrogen (secondary N) is 1. The van der Waals surface area contributed by atoms with Gasteiger partial charge in [-0.2, -0.15) is 0 Å². The van der Waals surface area contributed by atoms with Gasteiger partial charge in [-0.1, -0.05) is 19.1 Å². The summed E-state index contributed by atoms with van der Waals surface area (Å²) in [6, 6.07) is 9.32. The summed E-state index contributed by atoms with van der Waals surface area (Å²) in [4.78, 5) is 28.0. The monoisotopic (exact) mass is 300 g/mol. The van der Waals surface area contributed by atoms with E-state index in [0.29, 0.717) is 10.6 Å². The molecule has 2 aromatic rings. The Morgan fingerprint density at radius 1 is 1.38 bits per heavy atom. The molecule has 0 atom stereocenters. The third kappa shape index (κ3) is 2.45. The van der Waals surface area contributed by atoms with Crippen LogP contribution in [0.5, 0.6) is 0 Å². The van der Waals surface area contributed by atoms with E-state index in [0.717, 1.165) is 17.0 Å². The third-order valence-corrected chi connectivity index (χ3v) is 4.71. The zero-order chi connectivity index (χ0) is 15.0. The third-order valence-electron chi connectivity index (χ3n) is 3.63. The Kier molecular flexibility index (Phi) is 3.51. The highest BCUT2D eigenvalue weighted by Gasteiger charge is 2.28. The summed E-state index contributed by atoms with van der Waals surface area (Å²) in [6.07, 6.45) is 0.909. The Bertz CT molecular complexity index is 721. The molecule has 0 unspecified atom stereocenters. The van der Waals surface area contributed by atoms with Crippen molar-refractivity contribution in [1.82, 2.24) is 0 Å². The summed E-state index contributed by atoms with van der Waals surface area (Å²) < 4.78 is 0. The zero-order valence-electron chi connectivity index (χ0n) is 12.0. The molecule has 5 heteroatoms. The molecule has 1 aromatic heterocycles. The number of hydrogen-bond donors (Lipinski definition) is 1. The minimum absolute atomic E-state index is 0.0637. The van der Waals surface area contributed by atoms with Crippen LogP contribution in [-0.4, -0.2) is 18.4 Å². The van der Waals surface area contributed by atoms with Crippen LogP contribution in [0.25, 0.3) is 0 Å². The Labute approximate surface area is 127 Å². The number of hydrogen-bond acceptors (Lipinski definition) is 3. The normalized spacial score (nSPS) is 13.8. The van der Waals surface area contributed by atoms with Gasteiger partial charge in [-0.05, 0) is 37.1 Å². The smallest absolute Gasteiger partial charge is 0.268 e. The number of carbonyl (C=O) groups is 2. The predicted molar refractivity (Wildman–Crippen MR) is 85.2 cm³/mol. The van der Waals surface area contributed by atoms with Gasteiger partial charge in [0.15, 0.2) is 0 Å². The summed E-state index contributed by atoms with van der Waals surface area (Å²) in [6.45, 7) is 4.17. The zero-order valence-corrected chi connectivity index (χ0v) is 12.8. The van der Waals surface area contributed by atoms with Crippen molar-refractivity contribution in [2.24, 2.45) is 0 Å². The highest BCUT2D eigenvalue weighted by Crippen LogP contribution is 2.32. The summed E-state index contributed by atoms with van der Waals surface area (Å²) in [5, 5.41) is 2.79. The van der Waals surface area contributed by atoms with Crippen molar-refractivity contribution < 1.29 is 9.59 Å². The molecule has 108 valence electrons. The average Bonchev–Trinajstić information content (AvgIpc) is 2.86. The van der Waals surface area contributed by atoms with Crippen molar-refractivity contribution >= 4 is 34.5 Å². The van der Waals surface area contributed by atoms with E-state index in [9.17, 15) is 9.59 Å². The molecule has 2 amide bonds. The van der Waals surface area contributed by atoms with E-state index in [1.54, 1.807) is 4.90 Å². The van der Waals surface area contributed by atoms with Crippen molar-refractivity contribution in [2.75, 3.05) is 16.8 Å². The molecule has 0 saturated heterocycles. The molecule has 3 rings (SSSR count). The van der Waals surface area contributed by atoms with Crippen LogP contribution in [0.15, 0.2) is 30.3 Å². The van der Waals surface area contributed by atoms with Crippen molar-refractivity contribution in [3.8, 4) is 0 Å². The van der Waals surface area contributed by atoms with Gasteiger partial charge in [-0.25, -0.2) is 0 Å². The summed E-state index contributed by atoms with van der Waals surface area (Å²) >= 11 is 1.49. The summed E-state index contributed by atoms with van der Waals surface area (Å²) in [5.74, 6) is -0.267. The molecule has 1 aromatic carbocycles. The van der Waals surface area contributed by atoms with E-state index in [2.05, 4.69) is 12.2 Å². The highest BCUT2D eigenvalue weighted by molar-refractivity contribution is 7.14. The number of amides is 2. The van der Waals surface area contributed by atoms with Gasteiger partial charge in [-0.3, -0.25) is 14.5 Å². The number of fused-ring (bicyclic) bond motifs is 1. The lowest BCUT2D eigenvalue weighted by molar-refractivity contribution is -0.115. The fourth-order valence-corrected chi connectivity index (χ4v) is 3.59. The first kappa shape index (κ1) is 13.8. The molecule has 21 heavy (non-hydrogen) atoms. The van der Waals surface area contributed by atoms with Gasteiger partial charge in [0.1, 0.15) is 6.54 Å². The van der Waals surface area contributed by atoms with Gasteiger partial charge in [-0.15, -0.1) is 11.3 Å². The standard InChI is InChI=1S/C16H16N2O2S/c1-3-11-8-14(21-10(11)2)16(20)18-9-15(19)17-12-6-4-5-7-13(12)18/h4-8H,3,9H2,1-2H3,(H,17,19). The fraction of sp³-hybridized carbons (Fsp3) is 0.250. The van der Waals surface area contributed by atoms with Crippen molar-refractivity contribution in [2.45, 2.75) is 20.3 Å². The van der Waals surface area contributed by atoms with Crippen LogP contribution in [0.4, 0.5) is 11.4 Å². The van der Waals surface area contributed by atoms with Crippen LogP contribution in [0.3, 0.4) is 0 Å². The van der Waals surface area contributed by atoms with Crippen LogP contribution in [0, 0.1) is 6.92 Å². The van der Waals surface area contributed by atoms with Crippen molar-refractivity contribution in [3.05, 3.63) is 45.6 Å². The van der Waals surface area contributed by atoms with E-state index in [1.165, 1.54) is 16.9 Å². The number of anilines is 2. The number of benzene rings is 1. The van der Waals surface area contributed by atoms with Gasteiger partial charge in [0.2, 0.25) is 5.91 Å². The second kappa shape index (κ2) is 5.33. The van der Waals surface area contributed by atoms with Gasteiger partial charge < -0.3 is 5.32 Å². The molecule has 0 radical (unpaired) electrons. The topological polar surface area (TPSA) is 49.4 Å². The maximum atomic E-state index is 12.7. The molecular weight excluding hydrogens is 284 g/mol. The van der Waals surface area contributed by atoms with Gasteiger partial charge in [0, 0.05) is 4.88 Å². The second-order valence-electron chi connectivity index (χ2n) is 5.00. The quantitative estimate of drug-likeness (QED) is 0.925. The molecule has 1 aliphatic heterocycles. The van der Waals surface area contributed by atoms with Crippen molar-refractivity contribution in [3.63, 3.8) is 0 Å². The number of rotatable bonds is 2. The first-order valence-corrected chi connectivity index (χ1v) is 7.72. The average molecular weight is 300 g/mol. The molecule has 1 aliphatic rings. The first-order valence-electron chi connectivity index (χ1n) is 6.90. The van der Waals surface area contributed by atoms with E-state index in [4.69, 9.17) is 0 Å². The molecule has 2 heterocycles. The number of aryl methyl sites for hydroxylation is 2. The van der Waals surface area contributed by atoms with Gasteiger partial charge in [0.05, 0.1) is 16.3 Å². The largest absolute Gasteiger partial charge is 0.323 e. The van der Waals surface area contributed by atoms with Crippen LogP contribution in [0.1, 0.15) is 27.0 Å². The number of para-hydroxylation sites is 2. The molecule has 0 spiro atoms. The maximum Gasteiger partial charge on any atom is 0.268 e. The van der Waals surface area contributed by atoms with Crippen LogP contribution >= 0.6 is 11.3 Å². The van der Waals surface area contributed by atoms with E-state index in [-0.39, 0.29) is 18.4 Å². The lowest BCUT2D eigenvalue weighted by Crippen LogP contribution is -2.41. The SMILES string of the molecule is CCc1cc(C(=O)N2CC(=O)Nc3ccccc32)sc1C. The molecule has 4 nitrogen and oxygen atoms in total. The fourth-order valence-electron chi connectivity index (χ4n) is 2.52.